The van der Waals surface area contributed by atoms with Crippen molar-refractivity contribution in [1.29, 1.82) is 0 Å². The Morgan fingerprint density at radius 3 is 2.35 bits per heavy atom. The molecular formula is C15H26N2. The second-order valence-corrected chi connectivity index (χ2v) is 4.82. The molecule has 0 aliphatic rings. The Hall–Kier alpha value is -0.860. The topological polar surface area (TPSA) is 29.3 Å². The van der Waals surface area contributed by atoms with Gasteiger partial charge in [0.25, 0.3) is 0 Å². The number of aryl methyl sites for hydroxylation is 1. The largest absolute Gasteiger partial charge is 0.323 e. The van der Waals surface area contributed by atoms with Gasteiger partial charge in [-0.2, -0.15) is 0 Å². The van der Waals surface area contributed by atoms with Gasteiger partial charge in [0, 0.05) is 12.6 Å². The zero-order valence-corrected chi connectivity index (χ0v) is 11.4. The lowest BCUT2D eigenvalue weighted by Crippen LogP contribution is -2.33. The molecule has 0 amide bonds. The monoisotopic (exact) mass is 234 g/mol. The molecule has 0 radical (unpaired) electrons. The van der Waals surface area contributed by atoms with Crippen molar-refractivity contribution in [2.75, 3.05) is 19.6 Å². The van der Waals surface area contributed by atoms with E-state index in [-0.39, 0.29) is 6.04 Å². The minimum absolute atomic E-state index is 0.132. The van der Waals surface area contributed by atoms with E-state index in [9.17, 15) is 0 Å². The van der Waals surface area contributed by atoms with Crippen LogP contribution in [0.3, 0.4) is 0 Å². The van der Waals surface area contributed by atoms with Crippen molar-refractivity contribution >= 4 is 0 Å². The third kappa shape index (κ3) is 4.88. The van der Waals surface area contributed by atoms with E-state index in [1.54, 1.807) is 0 Å². The molecule has 0 saturated carbocycles. The van der Waals surface area contributed by atoms with Gasteiger partial charge in [-0.25, -0.2) is 0 Å². The quantitative estimate of drug-likeness (QED) is 0.785. The maximum absolute atomic E-state index is 6.28. The normalized spacial score (nSPS) is 13.0. The van der Waals surface area contributed by atoms with Crippen LogP contribution in [-0.2, 0) is 0 Å². The van der Waals surface area contributed by atoms with Crippen molar-refractivity contribution in [3.05, 3.63) is 35.4 Å². The number of nitrogens with zero attached hydrogens (tertiary/aromatic N) is 1. The number of rotatable bonds is 7. The summed E-state index contributed by atoms with van der Waals surface area (Å²) in [5.74, 6) is 0. The first kappa shape index (κ1) is 14.2. The van der Waals surface area contributed by atoms with Gasteiger partial charge in [0.15, 0.2) is 0 Å². The molecule has 0 fully saturated rings. The molecule has 0 aromatic heterocycles. The van der Waals surface area contributed by atoms with Crippen LogP contribution in [0.15, 0.2) is 24.3 Å². The predicted octanol–water partition coefficient (Wildman–Crippen LogP) is 3.12. The Labute approximate surface area is 106 Å². The molecule has 1 atom stereocenters. The van der Waals surface area contributed by atoms with Gasteiger partial charge in [0.2, 0.25) is 0 Å². The molecule has 1 aromatic carbocycles. The fourth-order valence-electron chi connectivity index (χ4n) is 2.21. The summed E-state index contributed by atoms with van der Waals surface area (Å²) in [5.41, 5.74) is 8.82. The Bertz CT molecular complexity index is 316. The van der Waals surface area contributed by atoms with Crippen molar-refractivity contribution in [2.45, 2.75) is 39.7 Å². The molecule has 2 nitrogen and oxygen atoms in total. The van der Waals surface area contributed by atoms with Crippen LogP contribution in [0.4, 0.5) is 0 Å². The average Bonchev–Trinajstić information content (AvgIpc) is 2.29. The number of hydrogen-bond donors (Lipinski definition) is 1. The summed E-state index contributed by atoms with van der Waals surface area (Å²) in [6.07, 6.45) is 2.39. The Kier molecular flexibility index (Phi) is 6.23. The summed E-state index contributed by atoms with van der Waals surface area (Å²) in [4.78, 5) is 2.47. The first-order valence-corrected chi connectivity index (χ1v) is 6.71. The van der Waals surface area contributed by atoms with Crippen LogP contribution in [0.25, 0.3) is 0 Å². The summed E-state index contributed by atoms with van der Waals surface area (Å²) in [5, 5.41) is 0. The van der Waals surface area contributed by atoms with Gasteiger partial charge in [-0.05, 0) is 38.4 Å². The molecule has 0 heterocycles. The van der Waals surface area contributed by atoms with Gasteiger partial charge in [-0.1, -0.05) is 43.7 Å². The Balaban J connectivity index is 2.59. The molecular weight excluding hydrogens is 208 g/mol. The third-order valence-corrected chi connectivity index (χ3v) is 3.00. The molecule has 0 saturated heterocycles. The smallest absolute Gasteiger partial charge is 0.0424 e. The predicted molar refractivity (Wildman–Crippen MR) is 75.1 cm³/mol. The van der Waals surface area contributed by atoms with Crippen molar-refractivity contribution in [1.82, 2.24) is 4.90 Å². The van der Waals surface area contributed by atoms with Gasteiger partial charge < -0.3 is 10.6 Å². The van der Waals surface area contributed by atoms with Crippen LogP contribution in [0.2, 0.25) is 0 Å². The molecule has 1 aromatic rings. The van der Waals surface area contributed by atoms with Gasteiger partial charge >= 0.3 is 0 Å². The van der Waals surface area contributed by atoms with Crippen LogP contribution in [0.5, 0.6) is 0 Å². The maximum Gasteiger partial charge on any atom is 0.0424 e. The summed E-state index contributed by atoms with van der Waals surface area (Å²) < 4.78 is 0. The number of benzene rings is 1. The maximum atomic E-state index is 6.28. The molecule has 2 heteroatoms. The molecule has 1 rings (SSSR count). The number of hydrogen-bond acceptors (Lipinski definition) is 2. The van der Waals surface area contributed by atoms with Crippen LogP contribution in [0.1, 0.15) is 43.9 Å². The number of nitrogens with two attached hydrogens (primary N) is 1. The highest BCUT2D eigenvalue weighted by Gasteiger charge is 2.11. The van der Waals surface area contributed by atoms with Gasteiger partial charge in [0.1, 0.15) is 0 Å². The van der Waals surface area contributed by atoms with E-state index < -0.39 is 0 Å². The van der Waals surface area contributed by atoms with Gasteiger partial charge in [-0.15, -0.1) is 0 Å². The lowest BCUT2D eigenvalue weighted by Gasteiger charge is -2.25. The lowest BCUT2D eigenvalue weighted by molar-refractivity contribution is 0.258. The first-order chi connectivity index (χ1) is 8.17. The zero-order valence-electron chi connectivity index (χ0n) is 11.4. The second kappa shape index (κ2) is 7.46. The van der Waals surface area contributed by atoms with Crippen molar-refractivity contribution in [3.63, 3.8) is 0 Å². The Morgan fingerprint density at radius 1 is 1.18 bits per heavy atom. The summed E-state index contributed by atoms with van der Waals surface area (Å²) in [6.45, 7) is 9.82. The van der Waals surface area contributed by atoms with E-state index in [0.29, 0.717) is 0 Å². The Morgan fingerprint density at radius 2 is 1.82 bits per heavy atom. The standard InChI is InChI=1S/C15H26N2/c1-4-9-17(10-5-2)12-15(16)14-8-6-7-13(3)11-14/h6-8,11,15H,4-5,9-10,12,16H2,1-3H3. The first-order valence-electron chi connectivity index (χ1n) is 6.71. The van der Waals surface area contributed by atoms with E-state index in [0.717, 1.165) is 19.6 Å². The molecule has 0 aliphatic heterocycles. The van der Waals surface area contributed by atoms with Crippen LogP contribution >= 0.6 is 0 Å². The highest BCUT2D eigenvalue weighted by molar-refractivity contribution is 5.25. The fraction of sp³-hybridized carbons (Fsp3) is 0.600. The summed E-state index contributed by atoms with van der Waals surface area (Å²) in [6, 6.07) is 8.67. The summed E-state index contributed by atoms with van der Waals surface area (Å²) >= 11 is 0. The lowest BCUT2D eigenvalue weighted by atomic mass is 10.0. The van der Waals surface area contributed by atoms with Crippen LogP contribution in [-0.4, -0.2) is 24.5 Å². The second-order valence-electron chi connectivity index (χ2n) is 4.82. The van der Waals surface area contributed by atoms with E-state index in [4.69, 9.17) is 5.73 Å². The van der Waals surface area contributed by atoms with E-state index in [1.807, 2.05) is 0 Å². The molecule has 0 spiro atoms. The molecule has 2 N–H and O–H groups in total. The highest BCUT2D eigenvalue weighted by Crippen LogP contribution is 2.13. The molecule has 17 heavy (non-hydrogen) atoms. The van der Waals surface area contributed by atoms with E-state index >= 15 is 0 Å². The third-order valence-electron chi connectivity index (χ3n) is 3.00. The SMILES string of the molecule is CCCN(CCC)CC(N)c1cccc(C)c1. The van der Waals surface area contributed by atoms with Crippen LogP contribution in [0, 0.1) is 6.92 Å². The van der Waals surface area contributed by atoms with Gasteiger partial charge in [-0.3, -0.25) is 0 Å². The molecule has 1 unspecified atom stereocenters. The van der Waals surface area contributed by atoms with Crippen molar-refractivity contribution < 1.29 is 0 Å². The van der Waals surface area contributed by atoms with E-state index in [1.165, 1.54) is 24.0 Å². The zero-order chi connectivity index (χ0) is 12.7. The summed E-state index contributed by atoms with van der Waals surface area (Å²) in [7, 11) is 0. The molecule has 0 aliphatic carbocycles. The minimum atomic E-state index is 0.132. The van der Waals surface area contributed by atoms with Crippen molar-refractivity contribution in [3.8, 4) is 0 Å². The van der Waals surface area contributed by atoms with E-state index in [2.05, 4.69) is 49.9 Å². The average molecular weight is 234 g/mol. The fourth-order valence-corrected chi connectivity index (χ4v) is 2.21. The van der Waals surface area contributed by atoms with Crippen molar-refractivity contribution in [2.24, 2.45) is 5.73 Å². The minimum Gasteiger partial charge on any atom is -0.323 e. The molecule has 96 valence electrons. The van der Waals surface area contributed by atoms with Crippen LogP contribution < -0.4 is 5.73 Å². The highest BCUT2D eigenvalue weighted by atomic mass is 15.1. The molecule has 0 bridgehead atoms. The van der Waals surface area contributed by atoms with Gasteiger partial charge in [0.05, 0.1) is 0 Å².